The lowest BCUT2D eigenvalue weighted by Gasteiger charge is -2.29. The first-order chi connectivity index (χ1) is 17.2. The first-order valence-electron chi connectivity index (χ1n) is 12.2. The monoisotopic (exact) mass is 464 g/mol. The Bertz CT molecular complexity index is 1210. The van der Waals surface area contributed by atoms with Gasteiger partial charge in [0.05, 0.1) is 19.3 Å². The standard InChI is InChI=1S/C31H32N2O2/c1-35-24-13-9-12-23(18-24)20-32-21-30(34)29(19-22-10-3-2-4-11-22)33-31-27-16-7-5-14-25(27)26-15-6-8-17-28(26)31/h2-18,29-34H,19-21H2,1H3/t29-,30+/m0/s1. The van der Waals surface area contributed by atoms with Gasteiger partial charge in [0, 0.05) is 19.1 Å². The summed E-state index contributed by atoms with van der Waals surface area (Å²) in [6, 6.07) is 35.5. The third kappa shape index (κ3) is 5.30. The third-order valence-electron chi connectivity index (χ3n) is 6.79. The highest BCUT2D eigenvalue weighted by molar-refractivity contribution is 5.78. The second kappa shape index (κ2) is 10.9. The minimum atomic E-state index is -0.569. The van der Waals surface area contributed by atoms with Crippen LogP contribution in [0.5, 0.6) is 5.75 Å². The van der Waals surface area contributed by atoms with Gasteiger partial charge < -0.3 is 20.5 Å². The van der Waals surface area contributed by atoms with Gasteiger partial charge in [-0.15, -0.1) is 0 Å². The molecule has 1 aliphatic carbocycles. The summed E-state index contributed by atoms with van der Waals surface area (Å²) in [4.78, 5) is 0. The molecule has 4 aromatic carbocycles. The molecule has 5 rings (SSSR count). The Labute approximate surface area is 207 Å². The Kier molecular flexibility index (Phi) is 7.24. The van der Waals surface area contributed by atoms with Crippen molar-refractivity contribution in [1.29, 1.82) is 0 Å². The molecule has 0 saturated carbocycles. The lowest BCUT2D eigenvalue weighted by molar-refractivity contribution is 0.120. The van der Waals surface area contributed by atoms with Crippen molar-refractivity contribution in [1.82, 2.24) is 10.6 Å². The fraction of sp³-hybridized carbons (Fsp3) is 0.226. The topological polar surface area (TPSA) is 53.5 Å². The maximum Gasteiger partial charge on any atom is 0.119 e. The summed E-state index contributed by atoms with van der Waals surface area (Å²) in [7, 11) is 1.68. The lowest BCUT2D eigenvalue weighted by Crippen LogP contribution is -2.47. The molecule has 2 atom stereocenters. The SMILES string of the molecule is COc1cccc(CNC[C@@H](O)[C@H](Cc2ccccc2)NC2c3ccccc3-c3ccccc32)c1. The summed E-state index contributed by atoms with van der Waals surface area (Å²) in [5.41, 5.74) is 7.40. The highest BCUT2D eigenvalue weighted by Crippen LogP contribution is 2.43. The van der Waals surface area contributed by atoms with E-state index in [9.17, 15) is 5.11 Å². The van der Waals surface area contributed by atoms with E-state index in [0.717, 1.165) is 17.7 Å². The van der Waals surface area contributed by atoms with Crippen molar-refractivity contribution in [2.24, 2.45) is 0 Å². The molecule has 4 aromatic rings. The van der Waals surface area contributed by atoms with Crippen molar-refractivity contribution in [3.8, 4) is 16.9 Å². The number of methoxy groups -OCH3 is 1. The largest absolute Gasteiger partial charge is 0.497 e. The highest BCUT2D eigenvalue weighted by atomic mass is 16.5. The molecule has 4 heteroatoms. The minimum absolute atomic E-state index is 0.0455. The van der Waals surface area contributed by atoms with Crippen molar-refractivity contribution in [2.45, 2.75) is 31.2 Å². The van der Waals surface area contributed by atoms with Gasteiger partial charge in [-0.25, -0.2) is 0 Å². The number of hydrogen-bond donors (Lipinski definition) is 3. The van der Waals surface area contributed by atoms with Crippen LogP contribution in [0.2, 0.25) is 0 Å². The molecule has 0 aromatic heterocycles. The fourth-order valence-electron chi connectivity index (χ4n) is 5.01. The molecule has 0 bridgehead atoms. The molecule has 0 aliphatic heterocycles. The second-order valence-electron chi connectivity index (χ2n) is 9.12. The van der Waals surface area contributed by atoms with Gasteiger partial charge in [0.15, 0.2) is 0 Å². The van der Waals surface area contributed by atoms with Crippen molar-refractivity contribution in [2.75, 3.05) is 13.7 Å². The zero-order valence-electron chi connectivity index (χ0n) is 20.0. The molecule has 3 N–H and O–H groups in total. The molecule has 4 nitrogen and oxygen atoms in total. The predicted octanol–water partition coefficient (Wildman–Crippen LogP) is 5.12. The van der Waals surface area contributed by atoms with Crippen LogP contribution in [-0.2, 0) is 13.0 Å². The van der Waals surface area contributed by atoms with Gasteiger partial charge in [0.1, 0.15) is 5.75 Å². The van der Waals surface area contributed by atoms with Gasteiger partial charge in [-0.05, 0) is 51.9 Å². The second-order valence-corrected chi connectivity index (χ2v) is 9.12. The minimum Gasteiger partial charge on any atom is -0.497 e. The Morgan fingerprint density at radius 2 is 1.40 bits per heavy atom. The van der Waals surface area contributed by atoms with Gasteiger partial charge in [0.2, 0.25) is 0 Å². The molecule has 0 fully saturated rings. The molecule has 178 valence electrons. The molecule has 0 heterocycles. The van der Waals surface area contributed by atoms with Crippen molar-refractivity contribution in [3.63, 3.8) is 0 Å². The van der Waals surface area contributed by atoms with Gasteiger partial charge in [-0.3, -0.25) is 0 Å². The first kappa shape index (κ1) is 23.3. The van der Waals surface area contributed by atoms with E-state index in [4.69, 9.17) is 4.74 Å². The van der Waals surface area contributed by atoms with Crippen LogP contribution in [0.15, 0.2) is 103 Å². The Hall–Kier alpha value is -3.44. The molecule has 35 heavy (non-hydrogen) atoms. The maximum atomic E-state index is 11.4. The first-order valence-corrected chi connectivity index (χ1v) is 12.2. The van der Waals surface area contributed by atoms with Gasteiger partial charge in [-0.1, -0.05) is 91.0 Å². The normalized spacial score (nSPS) is 14.2. The summed E-state index contributed by atoms with van der Waals surface area (Å²) >= 11 is 0. The summed E-state index contributed by atoms with van der Waals surface area (Å²) in [5.74, 6) is 0.840. The molecular weight excluding hydrogens is 432 g/mol. The van der Waals surface area contributed by atoms with Crippen LogP contribution in [0.4, 0.5) is 0 Å². The summed E-state index contributed by atoms with van der Waals surface area (Å²) in [6.45, 7) is 1.15. The van der Waals surface area contributed by atoms with E-state index >= 15 is 0 Å². The quantitative estimate of drug-likeness (QED) is 0.305. The molecule has 1 aliphatic rings. The predicted molar refractivity (Wildman–Crippen MR) is 141 cm³/mol. The number of hydrogen-bond acceptors (Lipinski definition) is 4. The Morgan fingerprint density at radius 3 is 2.09 bits per heavy atom. The number of aliphatic hydroxyl groups excluding tert-OH is 1. The van der Waals surface area contributed by atoms with E-state index in [-0.39, 0.29) is 12.1 Å². The van der Waals surface area contributed by atoms with Crippen LogP contribution in [0.25, 0.3) is 11.1 Å². The fourth-order valence-corrected chi connectivity index (χ4v) is 5.01. The van der Waals surface area contributed by atoms with Crippen molar-refractivity contribution in [3.05, 3.63) is 125 Å². The Balaban J connectivity index is 1.34. The van der Waals surface area contributed by atoms with Crippen LogP contribution in [0.1, 0.15) is 28.3 Å². The maximum absolute atomic E-state index is 11.4. The number of rotatable bonds is 10. The van der Waals surface area contributed by atoms with Crippen LogP contribution in [0, 0.1) is 0 Å². The van der Waals surface area contributed by atoms with Crippen LogP contribution in [-0.4, -0.2) is 30.9 Å². The smallest absolute Gasteiger partial charge is 0.119 e. The molecule has 0 saturated heterocycles. The summed E-state index contributed by atoms with van der Waals surface area (Å²) < 4.78 is 5.33. The average molecular weight is 465 g/mol. The summed E-state index contributed by atoms with van der Waals surface area (Å²) in [5, 5.41) is 18.6. The van der Waals surface area contributed by atoms with Crippen molar-refractivity contribution >= 4 is 0 Å². The zero-order chi connectivity index (χ0) is 24.0. The van der Waals surface area contributed by atoms with E-state index in [1.54, 1.807) is 7.11 Å². The molecule has 0 amide bonds. The van der Waals surface area contributed by atoms with Crippen LogP contribution >= 0.6 is 0 Å². The highest BCUT2D eigenvalue weighted by Gasteiger charge is 2.31. The third-order valence-corrected chi connectivity index (χ3v) is 6.79. The van der Waals surface area contributed by atoms with E-state index in [0.29, 0.717) is 13.1 Å². The van der Waals surface area contributed by atoms with E-state index < -0.39 is 6.10 Å². The number of aliphatic hydroxyl groups is 1. The van der Waals surface area contributed by atoms with Crippen molar-refractivity contribution < 1.29 is 9.84 Å². The lowest BCUT2D eigenvalue weighted by atomic mass is 9.97. The molecule has 0 radical (unpaired) electrons. The zero-order valence-corrected chi connectivity index (χ0v) is 20.0. The Morgan fingerprint density at radius 1 is 0.771 bits per heavy atom. The van der Waals surface area contributed by atoms with E-state index in [2.05, 4.69) is 89.5 Å². The molecule has 0 spiro atoms. The average Bonchev–Trinajstić information content (AvgIpc) is 3.22. The molecular formula is C31H32N2O2. The number of nitrogens with one attached hydrogen (secondary N) is 2. The number of ether oxygens (including phenoxy) is 1. The van der Waals surface area contributed by atoms with E-state index in [1.165, 1.54) is 27.8 Å². The van der Waals surface area contributed by atoms with Gasteiger partial charge >= 0.3 is 0 Å². The van der Waals surface area contributed by atoms with E-state index in [1.807, 2.05) is 24.3 Å². The molecule has 0 unspecified atom stereocenters. The van der Waals surface area contributed by atoms with Crippen LogP contribution in [0.3, 0.4) is 0 Å². The number of fused-ring (bicyclic) bond motifs is 3. The number of benzene rings is 4. The summed E-state index contributed by atoms with van der Waals surface area (Å²) in [6.07, 6.45) is 0.171. The van der Waals surface area contributed by atoms with Gasteiger partial charge in [0.25, 0.3) is 0 Å². The van der Waals surface area contributed by atoms with Gasteiger partial charge in [-0.2, -0.15) is 0 Å². The van der Waals surface area contributed by atoms with Crippen LogP contribution < -0.4 is 15.4 Å².